The van der Waals surface area contributed by atoms with Crippen LogP contribution >= 0.6 is 0 Å². The van der Waals surface area contributed by atoms with Crippen LogP contribution in [0, 0.1) is 11.7 Å². The molecule has 1 aromatic rings. The summed E-state index contributed by atoms with van der Waals surface area (Å²) in [7, 11) is -8.34. The van der Waals surface area contributed by atoms with Crippen LogP contribution in [0.15, 0.2) is 23.1 Å². The van der Waals surface area contributed by atoms with Crippen molar-refractivity contribution in [1.82, 2.24) is 0 Å². The zero-order chi connectivity index (χ0) is 16.7. The lowest BCUT2D eigenvalue weighted by atomic mass is 10.1. The fraction of sp³-hybridized carbons (Fsp3) is 0.417. The molecule has 22 heavy (non-hydrogen) atoms. The maximum Gasteiger partial charge on any atom is 0.302 e. The molecule has 1 heterocycles. The number of hydrogen-bond acceptors (Lipinski definition) is 5. The third-order valence-electron chi connectivity index (χ3n) is 3.28. The first-order valence-corrected chi connectivity index (χ1v) is 9.64. The summed E-state index contributed by atoms with van der Waals surface area (Å²) in [6.07, 6.45) is 0.694. The van der Waals surface area contributed by atoms with Gasteiger partial charge in [-0.3, -0.25) is 4.79 Å². The van der Waals surface area contributed by atoms with Gasteiger partial charge in [-0.2, -0.15) is 8.42 Å². The summed E-state index contributed by atoms with van der Waals surface area (Å²) in [5.74, 6) is -3.03. The number of carbonyl (C=O) groups excluding carboxylic acids is 1. The van der Waals surface area contributed by atoms with Gasteiger partial charge in [0.2, 0.25) is 5.91 Å². The lowest BCUT2D eigenvalue weighted by molar-refractivity contribution is -0.117. The third kappa shape index (κ3) is 3.80. The van der Waals surface area contributed by atoms with E-state index >= 15 is 0 Å². The second-order valence-electron chi connectivity index (χ2n) is 5.17. The Kier molecular flexibility index (Phi) is 4.26. The van der Waals surface area contributed by atoms with Crippen molar-refractivity contribution in [2.24, 2.45) is 5.92 Å². The molecule has 0 bridgehead atoms. The van der Waals surface area contributed by atoms with Gasteiger partial charge in [0.05, 0.1) is 16.3 Å². The van der Waals surface area contributed by atoms with Crippen LogP contribution in [-0.2, 0) is 24.9 Å². The molecule has 10 heteroatoms. The Bertz CT molecular complexity index is 820. The molecule has 6 nitrogen and oxygen atoms in total. The number of hydrogen-bond donors (Lipinski definition) is 0. The van der Waals surface area contributed by atoms with E-state index < -0.39 is 43.5 Å². The van der Waals surface area contributed by atoms with Crippen molar-refractivity contribution >= 4 is 31.7 Å². The van der Waals surface area contributed by atoms with Crippen LogP contribution < -0.4 is 4.90 Å². The van der Waals surface area contributed by atoms with Crippen LogP contribution in [0.5, 0.6) is 0 Å². The molecule has 1 amide bonds. The molecule has 1 saturated heterocycles. The molecular formula is C12H13F2NO5S2. The Morgan fingerprint density at radius 1 is 1.27 bits per heavy atom. The molecule has 122 valence electrons. The number of anilines is 1. The highest BCUT2D eigenvalue weighted by Crippen LogP contribution is 2.30. The Morgan fingerprint density at radius 2 is 1.91 bits per heavy atom. The number of amides is 1. The molecule has 1 aliphatic heterocycles. The van der Waals surface area contributed by atoms with E-state index in [-0.39, 0.29) is 23.5 Å². The number of halogens is 2. The van der Waals surface area contributed by atoms with Gasteiger partial charge >= 0.3 is 10.2 Å². The minimum atomic E-state index is -4.75. The highest BCUT2D eigenvalue weighted by atomic mass is 32.3. The van der Waals surface area contributed by atoms with E-state index in [4.69, 9.17) is 0 Å². The summed E-state index contributed by atoms with van der Waals surface area (Å²) in [5.41, 5.74) is -0.258. The van der Waals surface area contributed by atoms with E-state index in [2.05, 4.69) is 0 Å². The van der Waals surface area contributed by atoms with Gasteiger partial charge in [-0.05, 0) is 18.2 Å². The molecular weight excluding hydrogens is 340 g/mol. The normalized spacial score (nSPS) is 19.7. The largest absolute Gasteiger partial charge is 0.309 e. The van der Waals surface area contributed by atoms with Crippen LogP contribution in [0.3, 0.4) is 0 Å². The SMILES string of the molecule is CS(=O)(=O)c1ccc(F)c(N2CC(CS(=O)(=O)F)CC2=O)c1. The second-order valence-corrected chi connectivity index (χ2v) is 8.59. The first-order valence-electron chi connectivity index (χ1n) is 6.19. The predicted octanol–water partition coefficient (Wildman–Crippen LogP) is 0.881. The van der Waals surface area contributed by atoms with E-state index in [9.17, 15) is 29.9 Å². The topological polar surface area (TPSA) is 88.6 Å². The van der Waals surface area contributed by atoms with Gasteiger partial charge in [0.25, 0.3) is 0 Å². The molecule has 0 aromatic heterocycles. The predicted molar refractivity (Wildman–Crippen MR) is 74.9 cm³/mol. The molecule has 0 N–H and O–H groups in total. The number of rotatable bonds is 4. The third-order valence-corrected chi connectivity index (χ3v) is 5.26. The molecule has 2 rings (SSSR count). The Balaban J connectivity index is 2.34. The van der Waals surface area contributed by atoms with Crippen LogP contribution in [0.4, 0.5) is 14.0 Å². The molecule has 0 saturated carbocycles. The molecule has 1 unspecified atom stereocenters. The lowest BCUT2D eigenvalue weighted by Gasteiger charge is -2.18. The second kappa shape index (κ2) is 5.58. The summed E-state index contributed by atoms with van der Waals surface area (Å²) >= 11 is 0. The minimum absolute atomic E-state index is 0.168. The molecule has 1 atom stereocenters. The number of sulfone groups is 1. The molecule has 0 spiro atoms. The zero-order valence-corrected chi connectivity index (χ0v) is 13.1. The summed E-state index contributed by atoms with van der Waals surface area (Å²) < 4.78 is 70.8. The summed E-state index contributed by atoms with van der Waals surface area (Å²) in [6.45, 7) is -0.188. The van der Waals surface area contributed by atoms with Crippen molar-refractivity contribution in [1.29, 1.82) is 0 Å². The van der Waals surface area contributed by atoms with Gasteiger partial charge in [-0.25, -0.2) is 12.8 Å². The van der Waals surface area contributed by atoms with Crippen LogP contribution in [0.25, 0.3) is 0 Å². The van der Waals surface area contributed by atoms with E-state index in [1.807, 2.05) is 0 Å². The fourth-order valence-electron chi connectivity index (χ4n) is 2.34. The summed E-state index contributed by atoms with van der Waals surface area (Å²) in [4.78, 5) is 12.7. The molecule has 0 aliphatic carbocycles. The van der Waals surface area contributed by atoms with E-state index in [1.54, 1.807) is 0 Å². The quantitative estimate of drug-likeness (QED) is 0.592. The average molecular weight is 353 g/mol. The molecule has 1 aliphatic rings. The van der Waals surface area contributed by atoms with Gasteiger partial charge < -0.3 is 4.90 Å². The molecule has 0 radical (unpaired) electrons. The van der Waals surface area contributed by atoms with Crippen LogP contribution in [0.2, 0.25) is 0 Å². The van der Waals surface area contributed by atoms with Gasteiger partial charge in [-0.1, -0.05) is 0 Å². The number of benzene rings is 1. The standard InChI is InChI=1S/C12H13F2NO5S2/c1-21(17,18)9-2-3-10(13)11(5-9)15-6-8(4-12(15)16)7-22(14,19)20/h2-3,5,8H,4,6-7H2,1H3. The van der Waals surface area contributed by atoms with Gasteiger partial charge in [-0.15, -0.1) is 3.89 Å². The van der Waals surface area contributed by atoms with Crippen molar-refractivity contribution in [3.8, 4) is 0 Å². The first kappa shape index (κ1) is 16.8. The van der Waals surface area contributed by atoms with Crippen molar-refractivity contribution < 1.29 is 29.9 Å². The maximum atomic E-state index is 13.9. The van der Waals surface area contributed by atoms with Gasteiger partial charge in [0, 0.05) is 25.1 Å². The Labute approximate surface area is 126 Å². The monoisotopic (exact) mass is 353 g/mol. The fourth-order valence-corrected chi connectivity index (χ4v) is 3.76. The van der Waals surface area contributed by atoms with Crippen molar-refractivity contribution in [3.05, 3.63) is 24.0 Å². The summed E-state index contributed by atoms with van der Waals surface area (Å²) in [5, 5.41) is 0. The van der Waals surface area contributed by atoms with E-state index in [1.165, 1.54) is 0 Å². The minimum Gasteiger partial charge on any atom is -0.309 e. The Morgan fingerprint density at radius 3 is 2.45 bits per heavy atom. The average Bonchev–Trinajstić information content (AvgIpc) is 2.66. The number of nitrogens with zero attached hydrogens (tertiary/aromatic N) is 1. The van der Waals surface area contributed by atoms with Crippen LogP contribution in [0.1, 0.15) is 6.42 Å². The summed E-state index contributed by atoms with van der Waals surface area (Å²) in [6, 6.07) is 2.99. The van der Waals surface area contributed by atoms with Crippen LogP contribution in [-0.4, -0.2) is 41.3 Å². The Hall–Kier alpha value is -1.55. The molecule has 1 aromatic carbocycles. The highest BCUT2D eigenvalue weighted by Gasteiger charge is 2.35. The smallest absolute Gasteiger partial charge is 0.302 e. The van der Waals surface area contributed by atoms with Crippen molar-refractivity contribution in [2.45, 2.75) is 11.3 Å². The van der Waals surface area contributed by atoms with Crippen molar-refractivity contribution in [2.75, 3.05) is 23.5 Å². The highest BCUT2D eigenvalue weighted by molar-refractivity contribution is 7.90. The van der Waals surface area contributed by atoms with Crippen molar-refractivity contribution in [3.63, 3.8) is 0 Å². The maximum absolute atomic E-state index is 13.9. The molecule has 1 fully saturated rings. The van der Waals surface area contributed by atoms with E-state index in [0.717, 1.165) is 29.4 Å². The van der Waals surface area contributed by atoms with Gasteiger partial charge in [0.15, 0.2) is 9.84 Å². The van der Waals surface area contributed by atoms with E-state index in [0.29, 0.717) is 0 Å². The zero-order valence-electron chi connectivity index (χ0n) is 11.5. The van der Waals surface area contributed by atoms with Gasteiger partial charge in [0.1, 0.15) is 5.82 Å². The number of carbonyl (C=O) groups is 1. The first-order chi connectivity index (χ1) is 9.97. The lowest BCUT2D eigenvalue weighted by Crippen LogP contribution is -2.26.